The van der Waals surface area contributed by atoms with Crippen LogP contribution in [0.2, 0.25) is 0 Å². The third-order valence-electron chi connectivity index (χ3n) is 6.07. The van der Waals surface area contributed by atoms with Gasteiger partial charge in [0, 0.05) is 36.4 Å². The zero-order valence-electron chi connectivity index (χ0n) is 16.5. The van der Waals surface area contributed by atoms with Crippen LogP contribution in [0.5, 0.6) is 0 Å². The summed E-state index contributed by atoms with van der Waals surface area (Å²) in [5, 5.41) is 0. The van der Waals surface area contributed by atoms with Crippen LogP contribution >= 0.6 is 0 Å². The molecule has 2 aliphatic carbocycles. The first kappa shape index (κ1) is 20.5. The topological polar surface area (TPSA) is 74.8 Å². The van der Waals surface area contributed by atoms with Crippen molar-refractivity contribution in [2.45, 2.75) is 89.1 Å². The van der Waals surface area contributed by atoms with Crippen molar-refractivity contribution in [2.75, 3.05) is 0 Å². The van der Waals surface area contributed by atoms with Crippen LogP contribution in [-0.2, 0) is 19.2 Å². The number of amides is 4. The van der Waals surface area contributed by atoms with E-state index in [4.69, 9.17) is 0 Å². The van der Waals surface area contributed by atoms with Gasteiger partial charge in [-0.1, -0.05) is 51.4 Å². The molecule has 0 bridgehead atoms. The molecular weight excluding hydrogens is 356 g/mol. The van der Waals surface area contributed by atoms with Crippen LogP contribution in [0.25, 0.3) is 0 Å². The summed E-state index contributed by atoms with van der Waals surface area (Å²) >= 11 is 0. The first-order valence-electron chi connectivity index (χ1n) is 10.7. The van der Waals surface area contributed by atoms with Crippen molar-refractivity contribution < 1.29 is 19.2 Å². The minimum absolute atomic E-state index is 0.123. The van der Waals surface area contributed by atoms with E-state index >= 15 is 0 Å². The summed E-state index contributed by atoms with van der Waals surface area (Å²) < 4.78 is 0. The minimum Gasteiger partial charge on any atom is -0.272 e. The number of imide groups is 2. The highest BCUT2D eigenvalue weighted by molar-refractivity contribution is 6.13. The molecule has 4 amide bonds. The molecule has 6 nitrogen and oxygen atoms in total. The normalized spacial score (nSPS) is 24.4. The summed E-state index contributed by atoms with van der Waals surface area (Å²) in [5.41, 5.74) is 0. The number of nitrogens with zero attached hydrogens (tertiary/aromatic N) is 2. The second kappa shape index (κ2) is 9.80. The zero-order chi connectivity index (χ0) is 19.9. The average Bonchev–Trinajstić information content (AvgIpc) is 3.00. The van der Waals surface area contributed by atoms with Gasteiger partial charge in [-0.15, -0.1) is 0 Å². The molecule has 0 saturated heterocycles. The Labute approximate surface area is 166 Å². The number of hydrogen-bond donors (Lipinski definition) is 0. The highest BCUT2D eigenvalue weighted by atomic mass is 16.2. The molecule has 0 radical (unpaired) electrons. The van der Waals surface area contributed by atoms with Gasteiger partial charge >= 0.3 is 0 Å². The van der Waals surface area contributed by atoms with Crippen LogP contribution in [0.4, 0.5) is 0 Å². The van der Waals surface area contributed by atoms with Gasteiger partial charge in [0.2, 0.25) is 0 Å². The van der Waals surface area contributed by atoms with Crippen LogP contribution in [0, 0.1) is 0 Å². The fraction of sp³-hybridized carbons (Fsp3) is 0.636. The largest absolute Gasteiger partial charge is 0.272 e. The average molecular weight is 386 g/mol. The van der Waals surface area contributed by atoms with Gasteiger partial charge in [-0.3, -0.25) is 29.0 Å². The molecule has 0 atom stereocenters. The molecular formula is C22H30N2O4. The van der Waals surface area contributed by atoms with Gasteiger partial charge in [-0.2, -0.15) is 0 Å². The number of hydrogen-bond acceptors (Lipinski definition) is 4. The Hall–Kier alpha value is -2.24. The van der Waals surface area contributed by atoms with E-state index in [-0.39, 0.29) is 35.7 Å². The Bertz CT molecular complexity index is 572. The van der Waals surface area contributed by atoms with E-state index in [1.807, 2.05) is 0 Å². The summed E-state index contributed by atoms with van der Waals surface area (Å²) in [6.45, 7) is 0. The maximum absolute atomic E-state index is 11.4. The Morgan fingerprint density at radius 2 is 0.714 bits per heavy atom. The Morgan fingerprint density at radius 3 is 0.964 bits per heavy atom. The summed E-state index contributed by atoms with van der Waals surface area (Å²) in [6.07, 6.45) is 19.0. The van der Waals surface area contributed by atoms with Gasteiger partial charge < -0.3 is 0 Å². The van der Waals surface area contributed by atoms with Gasteiger partial charge in [0.15, 0.2) is 0 Å². The van der Waals surface area contributed by atoms with E-state index in [1.54, 1.807) is 0 Å². The van der Waals surface area contributed by atoms with Crippen molar-refractivity contribution in [3.8, 4) is 0 Å². The second-order valence-corrected chi connectivity index (χ2v) is 8.05. The molecule has 0 N–H and O–H groups in total. The highest BCUT2D eigenvalue weighted by Gasteiger charge is 2.32. The third kappa shape index (κ3) is 4.97. The van der Waals surface area contributed by atoms with Gasteiger partial charge in [0.05, 0.1) is 0 Å². The summed E-state index contributed by atoms with van der Waals surface area (Å²) in [4.78, 5) is 48.5. The molecule has 0 aromatic rings. The predicted octanol–water partition coefficient (Wildman–Crippen LogP) is 3.27. The Balaban J connectivity index is 0.000000161. The van der Waals surface area contributed by atoms with Crippen molar-refractivity contribution in [3.63, 3.8) is 0 Å². The molecule has 2 heterocycles. The van der Waals surface area contributed by atoms with E-state index in [9.17, 15) is 19.2 Å². The summed E-state index contributed by atoms with van der Waals surface area (Å²) in [7, 11) is 0. The van der Waals surface area contributed by atoms with Crippen LogP contribution in [-0.4, -0.2) is 45.5 Å². The quantitative estimate of drug-likeness (QED) is 0.539. The maximum Gasteiger partial charge on any atom is 0.253 e. The lowest BCUT2D eigenvalue weighted by Crippen LogP contribution is -2.39. The van der Waals surface area contributed by atoms with E-state index in [0.717, 1.165) is 51.4 Å². The molecule has 6 heteroatoms. The van der Waals surface area contributed by atoms with E-state index in [1.165, 1.54) is 59.8 Å². The molecule has 0 aromatic carbocycles. The number of carbonyl (C=O) groups excluding carboxylic acids is 4. The van der Waals surface area contributed by atoms with Gasteiger partial charge in [0.1, 0.15) is 0 Å². The fourth-order valence-corrected chi connectivity index (χ4v) is 4.58. The van der Waals surface area contributed by atoms with Crippen LogP contribution < -0.4 is 0 Å². The molecule has 2 saturated carbocycles. The summed E-state index contributed by atoms with van der Waals surface area (Å²) in [6, 6.07) is 0.319. The molecule has 28 heavy (non-hydrogen) atoms. The zero-order valence-corrected chi connectivity index (χ0v) is 16.5. The Kier molecular flexibility index (Phi) is 7.18. The first-order chi connectivity index (χ1) is 13.6. The third-order valence-corrected chi connectivity index (χ3v) is 6.07. The molecule has 152 valence electrons. The molecule has 2 aliphatic heterocycles. The van der Waals surface area contributed by atoms with Crippen LogP contribution in [0.3, 0.4) is 0 Å². The van der Waals surface area contributed by atoms with Gasteiger partial charge in [-0.05, 0) is 25.7 Å². The lowest BCUT2D eigenvalue weighted by molar-refractivity contribution is -0.141. The molecule has 4 rings (SSSR count). The SMILES string of the molecule is O=C1C=CC(=O)N1C1CCCCCC1.O=C1C=CC(=O)N1C1CCCCCC1. The van der Waals surface area contributed by atoms with Crippen molar-refractivity contribution in [2.24, 2.45) is 0 Å². The highest BCUT2D eigenvalue weighted by Crippen LogP contribution is 2.25. The fourth-order valence-electron chi connectivity index (χ4n) is 4.58. The van der Waals surface area contributed by atoms with E-state index < -0.39 is 0 Å². The smallest absolute Gasteiger partial charge is 0.253 e. The lowest BCUT2D eigenvalue weighted by Gasteiger charge is -2.24. The predicted molar refractivity (Wildman–Crippen MR) is 105 cm³/mol. The number of rotatable bonds is 2. The number of carbonyl (C=O) groups is 4. The van der Waals surface area contributed by atoms with Crippen LogP contribution in [0.15, 0.2) is 24.3 Å². The van der Waals surface area contributed by atoms with Gasteiger partial charge in [-0.25, -0.2) is 0 Å². The Morgan fingerprint density at radius 1 is 0.464 bits per heavy atom. The molecule has 2 fully saturated rings. The minimum atomic E-state index is -0.123. The standard InChI is InChI=1S/2C11H15NO2/c2*13-10-7-8-11(14)12(10)9-5-3-1-2-4-6-9/h2*7-9H,1-6H2. The van der Waals surface area contributed by atoms with Crippen molar-refractivity contribution >= 4 is 23.6 Å². The molecule has 0 aromatic heterocycles. The lowest BCUT2D eigenvalue weighted by atomic mass is 10.1. The summed E-state index contributed by atoms with van der Waals surface area (Å²) in [5.74, 6) is -0.493. The van der Waals surface area contributed by atoms with E-state index in [0.29, 0.717) is 0 Å². The van der Waals surface area contributed by atoms with Gasteiger partial charge in [0.25, 0.3) is 23.6 Å². The van der Waals surface area contributed by atoms with Crippen molar-refractivity contribution in [1.82, 2.24) is 9.80 Å². The van der Waals surface area contributed by atoms with Crippen LogP contribution in [0.1, 0.15) is 77.0 Å². The molecule has 0 unspecified atom stereocenters. The maximum atomic E-state index is 11.4. The van der Waals surface area contributed by atoms with Crippen molar-refractivity contribution in [3.05, 3.63) is 24.3 Å². The van der Waals surface area contributed by atoms with Crippen molar-refractivity contribution in [1.29, 1.82) is 0 Å². The monoisotopic (exact) mass is 386 g/mol. The molecule has 0 spiro atoms. The second-order valence-electron chi connectivity index (χ2n) is 8.05. The molecule has 4 aliphatic rings. The van der Waals surface area contributed by atoms with E-state index in [2.05, 4.69) is 0 Å². The first-order valence-corrected chi connectivity index (χ1v) is 10.7.